The standard InChI is InChI=1S/C8H18O2/c1-4-7(9)8(10)5-6(2)3/h6-10H,4-5H2,1-3H3/t7-,8-/m1/s1. The van der Waals surface area contributed by atoms with Crippen molar-refractivity contribution in [1.82, 2.24) is 0 Å². The summed E-state index contributed by atoms with van der Waals surface area (Å²) in [7, 11) is 0. The van der Waals surface area contributed by atoms with Crippen molar-refractivity contribution >= 4 is 0 Å². The van der Waals surface area contributed by atoms with Crippen molar-refractivity contribution in [3.63, 3.8) is 0 Å². The molecule has 0 rings (SSSR count). The molecular weight excluding hydrogens is 128 g/mol. The first kappa shape index (κ1) is 9.92. The number of aliphatic hydroxyl groups is 2. The third-order valence-electron chi connectivity index (χ3n) is 1.58. The zero-order chi connectivity index (χ0) is 8.15. The maximum atomic E-state index is 9.24. The summed E-state index contributed by atoms with van der Waals surface area (Å²) in [6.45, 7) is 5.94. The quantitative estimate of drug-likeness (QED) is 0.625. The van der Waals surface area contributed by atoms with Gasteiger partial charge in [-0.3, -0.25) is 0 Å². The van der Waals surface area contributed by atoms with Crippen LogP contribution in [0.5, 0.6) is 0 Å². The van der Waals surface area contributed by atoms with Crippen molar-refractivity contribution in [2.24, 2.45) is 5.92 Å². The minimum atomic E-state index is -0.539. The summed E-state index contributed by atoms with van der Waals surface area (Å²) in [5.74, 6) is 0.455. The molecule has 2 N–H and O–H groups in total. The first-order valence-corrected chi connectivity index (χ1v) is 3.94. The van der Waals surface area contributed by atoms with Crippen molar-refractivity contribution in [3.05, 3.63) is 0 Å². The van der Waals surface area contributed by atoms with Gasteiger partial charge >= 0.3 is 0 Å². The molecule has 0 bridgehead atoms. The molecule has 0 heterocycles. The minimum absolute atomic E-state index is 0.455. The third-order valence-corrected chi connectivity index (χ3v) is 1.58. The Morgan fingerprint density at radius 1 is 1.10 bits per heavy atom. The van der Waals surface area contributed by atoms with Gasteiger partial charge in [0.2, 0.25) is 0 Å². The Morgan fingerprint density at radius 3 is 1.90 bits per heavy atom. The van der Waals surface area contributed by atoms with Crippen LogP contribution in [0.25, 0.3) is 0 Å². The lowest BCUT2D eigenvalue weighted by atomic mass is 10.0. The zero-order valence-electron chi connectivity index (χ0n) is 7.04. The molecule has 2 nitrogen and oxygen atoms in total. The molecule has 2 atom stereocenters. The van der Waals surface area contributed by atoms with Crippen LogP contribution in [0.4, 0.5) is 0 Å². The number of aliphatic hydroxyl groups excluding tert-OH is 2. The van der Waals surface area contributed by atoms with Crippen LogP contribution >= 0.6 is 0 Å². The smallest absolute Gasteiger partial charge is 0.0801 e. The highest BCUT2D eigenvalue weighted by Gasteiger charge is 2.14. The average molecular weight is 146 g/mol. The molecule has 0 fully saturated rings. The van der Waals surface area contributed by atoms with Crippen LogP contribution < -0.4 is 0 Å². The van der Waals surface area contributed by atoms with E-state index >= 15 is 0 Å². The van der Waals surface area contributed by atoms with Crippen molar-refractivity contribution in [2.75, 3.05) is 0 Å². The number of hydrogen-bond acceptors (Lipinski definition) is 2. The van der Waals surface area contributed by atoms with Gasteiger partial charge in [-0.1, -0.05) is 20.8 Å². The maximum Gasteiger partial charge on any atom is 0.0801 e. The average Bonchev–Trinajstić information content (AvgIpc) is 1.85. The Bertz CT molecular complexity index is 81.3. The second kappa shape index (κ2) is 4.69. The van der Waals surface area contributed by atoms with E-state index in [0.717, 1.165) is 0 Å². The topological polar surface area (TPSA) is 40.5 Å². The van der Waals surface area contributed by atoms with Gasteiger partial charge in [0.15, 0.2) is 0 Å². The second-order valence-corrected chi connectivity index (χ2v) is 3.17. The summed E-state index contributed by atoms with van der Waals surface area (Å²) in [5, 5.41) is 18.4. The van der Waals surface area contributed by atoms with Crippen LogP contribution in [0.15, 0.2) is 0 Å². The van der Waals surface area contributed by atoms with Crippen LogP contribution in [-0.2, 0) is 0 Å². The van der Waals surface area contributed by atoms with Gasteiger partial charge in [-0.2, -0.15) is 0 Å². The van der Waals surface area contributed by atoms with Crippen LogP contribution in [0.3, 0.4) is 0 Å². The van der Waals surface area contributed by atoms with E-state index in [-0.39, 0.29) is 0 Å². The monoisotopic (exact) mass is 146 g/mol. The summed E-state index contributed by atoms with van der Waals surface area (Å²) < 4.78 is 0. The third kappa shape index (κ3) is 3.85. The molecule has 0 aromatic rings. The molecule has 10 heavy (non-hydrogen) atoms. The molecule has 0 aromatic heterocycles. The molecule has 0 aliphatic carbocycles. The highest BCUT2D eigenvalue weighted by Crippen LogP contribution is 2.09. The Hall–Kier alpha value is -0.0800. The van der Waals surface area contributed by atoms with Crippen molar-refractivity contribution < 1.29 is 10.2 Å². The predicted molar refractivity (Wildman–Crippen MR) is 41.8 cm³/mol. The van der Waals surface area contributed by atoms with E-state index in [4.69, 9.17) is 5.11 Å². The fourth-order valence-corrected chi connectivity index (χ4v) is 0.912. The second-order valence-electron chi connectivity index (χ2n) is 3.17. The largest absolute Gasteiger partial charge is 0.390 e. The molecule has 0 radical (unpaired) electrons. The van der Waals surface area contributed by atoms with Gasteiger partial charge in [0.05, 0.1) is 12.2 Å². The molecule has 0 saturated heterocycles. The lowest BCUT2D eigenvalue weighted by molar-refractivity contribution is 0.00588. The van der Waals surface area contributed by atoms with Crippen LogP contribution in [0, 0.1) is 5.92 Å². The van der Waals surface area contributed by atoms with Gasteiger partial charge in [0.1, 0.15) is 0 Å². The Kier molecular flexibility index (Phi) is 4.65. The SMILES string of the molecule is CC[C@@H](O)[C@H](O)CC(C)C. The van der Waals surface area contributed by atoms with E-state index in [1.807, 2.05) is 20.8 Å². The summed E-state index contributed by atoms with van der Waals surface area (Å²) in [6, 6.07) is 0. The molecule has 2 heteroatoms. The van der Waals surface area contributed by atoms with E-state index in [1.54, 1.807) is 0 Å². The molecule has 0 aliphatic rings. The van der Waals surface area contributed by atoms with E-state index in [0.29, 0.717) is 18.8 Å². The van der Waals surface area contributed by atoms with Gasteiger partial charge in [0.25, 0.3) is 0 Å². The number of rotatable bonds is 4. The first-order chi connectivity index (χ1) is 4.57. The summed E-state index contributed by atoms with van der Waals surface area (Å²) in [6.07, 6.45) is 0.246. The predicted octanol–water partition coefficient (Wildman–Crippen LogP) is 1.16. The molecule has 0 aliphatic heterocycles. The molecular formula is C8H18O2. The van der Waals surface area contributed by atoms with Crippen LogP contribution in [-0.4, -0.2) is 22.4 Å². The normalized spacial score (nSPS) is 17.4. The molecule has 0 amide bonds. The summed E-state index contributed by atoms with van der Waals surface area (Å²) in [5.41, 5.74) is 0. The van der Waals surface area contributed by atoms with Crippen molar-refractivity contribution in [2.45, 2.75) is 45.8 Å². The van der Waals surface area contributed by atoms with Gasteiger partial charge in [-0.05, 0) is 18.8 Å². The number of hydrogen-bond donors (Lipinski definition) is 2. The lowest BCUT2D eigenvalue weighted by Crippen LogP contribution is -2.26. The zero-order valence-corrected chi connectivity index (χ0v) is 7.04. The Balaban J connectivity index is 3.50. The van der Waals surface area contributed by atoms with E-state index in [2.05, 4.69) is 0 Å². The van der Waals surface area contributed by atoms with E-state index in [9.17, 15) is 5.11 Å². The van der Waals surface area contributed by atoms with E-state index < -0.39 is 12.2 Å². The van der Waals surface area contributed by atoms with Gasteiger partial charge < -0.3 is 10.2 Å². The molecule has 0 spiro atoms. The van der Waals surface area contributed by atoms with Gasteiger partial charge in [-0.25, -0.2) is 0 Å². The maximum absolute atomic E-state index is 9.24. The highest BCUT2D eigenvalue weighted by atomic mass is 16.3. The summed E-state index contributed by atoms with van der Waals surface area (Å²) in [4.78, 5) is 0. The molecule has 0 saturated carbocycles. The van der Waals surface area contributed by atoms with Gasteiger partial charge in [-0.15, -0.1) is 0 Å². The van der Waals surface area contributed by atoms with Crippen molar-refractivity contribution in [1.29, 1.82) is 0 Å². The van der Waals surface area contributed by atoms with E-state index in [1.165, 1.54) is 0 Å². The van der Waals surface area contributed by atoms with Crippen LogP contribution in [0.1, 0.15) is 33.6 Å². The lowest BCUT2D eigenvalue weighted by Gasteiger charge is -2.17. The Morgan fingerprint density at radius 2 is 1.60 bits per heavy atom. The minimum Gasteiger partial charge on any atom is -0.390 e. The summed E-state index contributed by atoms with van der Waals surface area (Å²) >= 11 is 0. The molecule has 62 valence electrons. The fraction of sp³-hybridized carbons (Fsp3) is 1.00. The molecule has 0 aromatic carbocycles. The van der Waals surface area contributed by atoms with Crippen molar-refractivity contribution in [3.8, 4) is 0 Å². The fourth-order valence-electron chi connectivity index (χ4n) is 0.912. The highest BCUT2D eigenvalue weighted by molar-refractivity contribution is 4.66. The Labute approximate surface area is 62.9 Å². The molecule has 0 unspecified atom stereocenters. The van der Waals surface area contributed by atoms with Crippen LogP contribution in [0.2, 0.25) is 0 Å². The first-order valence-electron chi connectivity index (χ1n) is 3.94. The van der Waals surface area contributed by atoms with Gasteiger partial charge in [0, 0.05) is 0 Å².